The van der Waals surface area contributed by atoms with E-state index < -0.39 is 0 Å². The second-order valence-corrected chi connectivity index (χ2v) is 6.10. The summed E-state index contributed by atoms with van der Waals surface area (Å²) in [6.07, 6.45) is 0.844. The molecule has 0 unspecified atom stereocenters. The predicted molar refractivity (Wildman–Crippen MR) is 95.2 cm³/mol. The molecule has 0 fully saturated rings. The number of H-pyrrole nitrogens is 1. The molecule has 1 aromatic heterocycles. The molecule has 7 heteroatoms. The molecule has 2 amide bonds. The Hall–Kier alpha value is -2.67. The van der Waals surface area contributed by atoms with E-state index in [1.54, 1.807) is 11.8 Å². The van der Waals surface area contributed by atoms with Gasteiger partial charge in [0, 0.05) is 56.5 Å². The first-order valence-electron chi connectivity index (χ1n) is 8.51. The maximum Gasteiger partial charge on any atom is 0.276 e. The lowest BCUT2D eigenvalue weighted by molar-refractivity contribution is -0.129. The Morgan fingerprint density at radius 2 is 2.12 bits per heavy atom. The fourth-order valence-electron chi connectivity index (χ4n) is 3.03. The van der Waals surface area contributed by atoms with E-state index in [0.29, 0.717) is 31.0 Å². The number of anilines is 1. The molecule has 1 aromatic carbocycles. The zero-order valence-corrected chi connectivity index (χ0v) is 14.6. The lowest BCUT2D eigenvalue weighted by atomic mass is 10.1. The molecule has 2 aromatic rings. The van der Waals surface area contributed by atoms with Crippen LogP contribution in [0, 0.1) is 0 Å². The second kappa shape index (κ2) is 7.48. The van der Waals surface area contributed by atoms with Crippen molar-refractivity contribution in [2.75, 3.05) is 18.4 Å². The molecule has 7 nitrogen and oxygen atoms in total. The number of nitrogens with zero attached hydrogens (tertiary/aromatic N) is 2. The van der Waals surface area contributed by atoms with Gasteiger partial charge in [-0.15, -0.1) is 0 Å². The molecule has 1 aliphatic rings. The van der Waals surface area contributed by atoms with Crippen molar-refractivity contribution in [3.63, 3.8) is 0 Å². The standard InChI is InChI=1S/C18H23N5O2/c1-3-23(12(2)24)11-13-6-4-5-7-15(13)20-18(25)17-14-10-19-9-8-16(14)21-22-17/h4-7,19H,3,8-11H2,1-2H3,(H,20,25)(H,21,22). The van der Waals surface area contributed by atoms with E-state index in [9.17, 15) is 9.59 Å². The van der Waals surface area contributed by atoms with E-state index in [4.69, 9.17) is 0 Å². The Balaban J connectivity index is 1.80. The van der Waals surface area contributed by atoms with Gasteiger partial charge in [0.05, 0.1) is 0 Å². The Bertz CT molecular complexity index is 784. The molecular formula is C18H23N5O2. The Labute approximate surface area is 146 Å². The van der Waals surface area contributed by atoms with Crippen molar-refractivity contribution in [2.24, 2.45) is 0 Å². The van der Waals surface area contributed by atoms with Crippen LogP contribution in [0.5, 0.6) is 0 Å². The monoisotopic (exact) mass is 341 g/mol. The van der Waals surface area contributed by atoms with Crippen LogP contribution >= 0.6 is 0 Å². The number of carbonyl (C=O) groups is 2. The topological polar surface area (TPSA) is 90.1 Å². The molecular weight excluding hydrogens is 318 g/mol. The van der Waals surface area contributed by atoms with Crippen molar-refractivity contribution in [3.8, 4) is 0 Å². The SMILES string of the molecule is CCN(Cc1ccccc1NC(=O)c1n[nH]c2c1CNCC2)C(C)=O. The average Bonchev–Trinajstić information content (AvgIpc) is 3.04. The Morgan fingerprint density at radius 1 is 1.32 bits per heavy atom. The number of aromatic amines is 1. The molecule has 0 radical (unpaired) electrons. The number of hydrogen-bond acceptors (Lipinski definition) is 4. The first-order chi connectivity index (χ1) is 12.1. The summed E-state index contributed by atoms with van der Waals surface area (Å²) in [6, 6.07) is 7.53. The summed E-state index contributed by atoms with van der Waals surface area (Å²) in [7, 11) is 0. The molecule has 0 saturated carbocycles. The average molecular weight is 341 g/mol. The van der Waals surface area contributed by atoms with Gasteiger partial charge in [-0.2, -0.15) is 5.10 Å². The van der Waals surface area contributed by atoms with Crippen molar-refractivity contribution >= 4 is 17.5 Å². The van der Waals surface area contributed by atoms with Crippen molar-refractivity contribution < 1.29 is 9.59 Å². The van der Waals surface area contributed by atoms with Gasteiger partial charge in [0.15, 0.2) is 5.69 Å². The molecule has 25 heavy (non-hydrogen) atoms. The number of carbonyl (C=O) groups excluding carboxylic acids is 2. The first-order valence-corrected chi connectivity index (χ1v) is 8.51. The summed E-state index contributed by atoms with van der Waals surface area (Å²) in [5.41, 5.74) is 3.98. The van der Waals surface area contributed by atoms with Crippen LogP contribution in [0.25, 0.3) is 0 Å². The highest BCUT2D eigenvalue weighted by Crippen LogP contribution is 2.20. The van der Waals surface area contributed by atoms with Gasteiger partial charge >= 0.3 is 0 Å². The van der Waals surface area contributed by atoms with Crippen molar-refractivity contribution in [2.45, 2.75) is 33.4 Å². The summed E-state index contributed by atoms with van der Waals surface area (Å²) < 4.78 is 0. The van der Waals surface area contributed by atoms with E-state index in [0.717, 1.165) is 29.8 Å². The van der Waals surface area contributed by atoms with Crippen LogP contribution in [-0.4, -0.2) is 40.0 Å². The third-order valence-corrected chi connectivity index (χ3v) is 4.48. The largest absolute Gasteiger partial charge is 0.339 e. The van der Waals surface area contributed by atoms with Gasteiger partial charge in [0.1, 0.15) is 0 Å². The highest BCUT2D eigenvalue weighted by molar-refractivity contribution is 6.04. The minimum Gasteiger partial charge on any atom is -0.339 e. The first kappa shape index (κ1) is 17.2. The highest BCUT2D eigenvalue weighted by atomic mass is 16.2. The molecule has 3 rings (SSSR count). The van der Waals surface area contributed by atoms with Crippen molar-refractivity contribution in [1.82, 2.24) is 20.4 Å². The van der Waals surface area contributed by atoms with Crippen LogP contribution in [0.15, 0.2) is 24.3 Å². The number of amides is 2. The van der Waals surface area contributed by atoms with Gasteiger partial charge in [-0.05, 0) is 18.6 Å². The van der Waals surface area contributed by atoms with Crippen LogP contribution in [0.4, 0.5) is 5.69 Å². The number of aromatic nitrogens is 2. The molecule has 3 N–H and O–H groups in total. The van der Waals surface area contributed by atoms with Crippen molar-refractivity contribution in [1.29, 1.82) is 0 Å². The number of hydrogen-bond donors (Lipinski definition) is 3. The molecule has 0 spiro atoms. The molecule has 132 valence electrons. The van der Waals surface area contributed by atoms with Crippen LogP contribution in [0.3, 0.4) is 0 Å². The smallest absolute Gasteiger partial charge is 0.276 e. The van der Waals surface area contributed by atoms with Crippen molar-refractivity contribution in [3.05, 3.63) is 46.8 Å². The fourth-order valence-corrected chi connectivity index (χ4v) is 3.03. The van der Waals surface area contributed by atoms with E-state index in [1.807, 2.05) is 31.2 Å². The summed E-state index contributed by atoms with van der Waals surface area (Å²) in [5, 5.41) is 13.4. The number of para-hydroxylation sites is 1. The highest BCUT2D eigenvalue weighted by Gasteiger charge is 2.22. The van der Waals surface area contributed by atoms with E-state index in [-0.39, 0.29) is 11.8 Å². The third-order valence-electron chi connectivity index (χ3n) is 4.48. The summed E-state index contributed by atoms with van der Waals surface area (Å²) in [4.78, 5) is 26.1. The maximum absolute atomic E-state index is 12.7. The van der Waals surface area contributed by atoms with Crippen LogP contribution in [0.1, 0.15) is 41.2 Å². The summed E-state index contributed by atoms with van der Waals surface area (Å²) in [6.45, 7) is 6.10. The zero-order valence-electron chi connectivity index (χ0n) is 14.6. The van der Waals surface area contributed by atoms with Crippen LogP contribution in [-0.2, 0) is 24.3 Å². The second-order valence-electron chi connectivity index (χ2n) is 6.10. The summed E-state index contributed by atoms with van der Waals surface area (Å²) in [5.74, 6) is -0.226. The molecule has 2 heterocycles. The van der Waals surface area contributed by atoms with E-state index in [1.165, 1.54) is 0 Å². The van der Waals surface area contributed by atoms with E-state index in [2.05, 4.69) is 20.8 Å². The van der Waals surface area contributed by atoms with Gasteiger partial charge in [0.25, 0.3) is 5.91 Å². The number of nitrogens with one attached hydrogen (secondary N) is 3. The molecule has 0 aliphatic carbocycles. The maximum atomic E-state index is 12.7. The van der Waals surface area contributed by atoms with Gasteiger partial charge < -0.3 is 15.5 Å². The number of benzene rings is 1. The molecule has 0 bridgehead atoms. The van der Waals surface area contributed by atoms with E-state index >= 15 is 0 Å². The normalized spacial score (nSPS) is 13.2. The zero-order chi connectivity index (χ0) is 17.8. The van der Waals surface area contributed by atoms with Gasteiger partial charge in [-0.1, -0.05) is 18.2 Å². The molecule has 0 atom stereocenters. The molecule has 1 aliphatic heterocycles. The number of rotatable bonds is 5. The third kappa shape index (κ3) is 3.71. The predicted octanol–water partition coefficient (Wildman–Crippen LogP) is 1.68. The van der Waals surface area contributed by atoms with Gasteiger partial charge in [0.2, 0.25) is 5.91 Å². The quantitative estimate of drug-likeness (QED) is 0.772. The van der Waals surface area contributed by atoms with Gasteiger partial charge in [-0.3, -0.25) is 14.7 Å². The fraction of sp³-hybridized carbons (Fsp3) is 0.389. The lowest BCUT2D eigenvalue weighted by Crippen LogP contribution is -2.28. The molecule has 0 saturated heterocycles. The number of fused-ring (bicyclic) bond motifs is 1. The minimum absolute atomic E-state index is 0.0103. The Morgan fingerprint density at radius 3 is 2.88 bits per heavy atom. The lowest BCUT2D eigenvalue weighted by Gasteiger charge is -2.21. The Kier molecular flexibility index (Phi) is 5.14. The van der Waals surface area contributed by atoms with Gasteiger partial charge in [-0.25, -0.2) is 0 Å². The van der Waals surface area contributed by atoms with Crippen LogP contribution in [0.2, 0.25) is 0 Å². The summed E-state index contributed by atoms with van der Waals surface area (Å²) >= 11 is 0. The minimum atomic E-state index is -0.237. The van der Waals surface area contributed by atoms with Crippen LogP contribution < -0.4 is 10.6 Å².